The molecule has 84 valence electrons. The third-order valence-electron chi connectivity index (χ3n) is 2.81. The summed E-state index contributed by atoms with van der Waals surface area (Å²) in [5, 5.41) is 9.12. The molecular weight excluding hydrogens is 191 g/mol. The van der Waals surface area contributed by atoms with Gasteiger partial charge in [0.2, 0.25) is 0 Å². The summed E-state index contributed by atoms with van der Waals surface area (Å²) in [6.45, 7) is 7.88. The van der Waals surface area contributed by atoms with E-state index in [-0.39, 0.29) is 24.3 Å². The molecular formula is C13H19FO. The molecule has 0 amide bonds. The van der Waals surface area contributed by atoms with Gasteiger partial charge in [0, 0.05) is 12.5 Å². The van der Waals surface area contributed by atoms with Crippen molar-refractivity contribution in [3.05, 3.63) is 34.6 Å². The van der Waals surface area contributed by atoms with E-state index >= 15 is 0 Å². The summed E-state index contributed by atoms with van der Waals surface area (Å²) in [4.78, 5) is 0. The molecule has 2 heteroatoms. The van der Waals surface area contributed by atoms with Crippen molar-refractivity contribution in [2.24, 2.45) is 0 Å². The van der Waals surface area contributed by atoms with E-state index in [2.05, 4.69) is 0 Å². The standard InChI is InChI=1S/C13H19FO/c1-8(2)11-6-12(10(4)7-15)9(3)5-13(11)14/h5-6,8,10,15H,7H2,1-4H3. The Balaban J connectivity index is 3.23. The van der Waals surface area contributed by atoms with Crippen molar-refractivity contribution in [3.8, 4) is 0 Å². The molecule has 0 saturated heterocycles. The van der Waals surface area contributed by atoms with E-state index in [1.165, 1.54) is 0 Å². The Hall–Kier alpha value is -0.890. The van der Waals surface area contributed by atoms with Crippen LogP contribution in [0.2, 0.25) is 0 Å². The average molecular weight is 210 g/mol. The summed E-state index contributed by atoms with van der Waals surface area (Å²) < 4.78 is 13.6. The molecule has 0 aliphatic rings. The molecule has 1 aromatic carbocycles. The van der Waals surface area contributed by atoms with Gasteiger partial charge in [-0.1, -0.05) is 26.8 Å². The molecule has 1 N–H and O–H groups in total. The first-order valence-corrected chi connectivity index (χ1v) is 5.38. The summed E-state index contributed by atoms with van der Waals surface area (Å²) in [6.07, 6.45) is 0. The number of aryl methyl sites for hydroxylation is 1. The van der Waals surface area contributed by atoms with Crippen LogP contribution in [0.15, 0.2) is 12.1 Å². The second kappa shape index (κ2) is 4.75. The summed E-state index contributed by atoms with van der Waals surface area (Å²) in [5.74, 6) is 0.106. The average Bonchev–Trinajstić information content (AvgIpc) is 2.16. The molecule has 1 rings (SSSR count). The zero-order chi connectivity index (χ0) is 11.6. The van der Waals surface area contributed by atoms with Gasteiger partial charge in [0.15, 0.2) is 0 Å². The van der Waals surface area contributed by atoms with E-state index in [1.807, 2.05) is 33.8 Å². The Morgan fingerprint density at radius 3 is 2.27 bits per heavy atom. The monoisotopic (exact) mass is 210 g/mol. The van der Waals surface area contributed by atoms with Crippen LogP contribution in [0.3, 0.4) is 0 Å². The highest BCUT2D eigenvalue weighted by Gasteiger charge is 2.13. The Morgan fingerprint density at radius 2 is 1.80 bits per heavy atom. The van der Waals surface area contributed by atoms with Crippen molar-refractivity contribution < 1.29 is 9.50 Å². The maximum atomic E-state index is 13.6. The minimum absolute atomic E-state index is 0.0723. The lowest BCUT2D eigenvalue weighted by Crippen LogP contribution is -2.05. The van der Waals surface area contributed by atoms with Gasteiger partial charge >= 0.3 is 0 Å². The molecule has 0 radical (unpaired) electrons. The first-order chi connectivity index (χ1) is 6.97. The van der Waals surface area contributed by atoms with Gasteiger partial charge in [0.25, 0.3) is 0 Å². The van der Waals surface area contributed by atoms with E-state index in [1.54, 1.807) is 6.07 Å². The number of hydrogen-bond acceptors (Lipinski definition) is 1. The van der Waals surface area contributed by atoms with Gasteiger partial charge in [0.05, 0.1) is 0 Å². The number of aliphatic hydroxyl groups is 1. The SMILES string of the molecule is Cc1cc(F)c(C(C)C)cc1C(C)CO. The van der Waals surface area contributed by atoms with Crippen LogP contribution in [-0.2, 0) is 0 Å². The van der Waals surface area contributed by atoms with Gasteiger partial charge in [-0.2, -0.15) is 0 Å². The van der Waals surface area contributed by atoms with Crippen LogP contribution in [-0.4, -0.2) is 11.7 Å². The second-order valence-electron chi connectivity index (χ2n) is 4.47. The molecule has 0 aromatic heterocycles. The molecule has 0 aliphatic carbocycles. The number of hydrogen-bond donors (Lipinski definition) is 1. The van der Waals surface area contributed by atoms with Crippen molar-refractivity contribution >= 4 is 0 Å². The molecule has 0 spiro atoms. The molecule has 0 saturated carbocycles. The van der Waals surface area contributed by atoms with Crippen molar-refractivity contribution in [3.63, 3.8) is 0 Å². The Bertz CT molecular complexity index is 345. The lowest BCUT2D eigenvalue weighted by atomic mass is 9.91. The maximum Gasteiger partial charge on any atom is 0.126 e. The van der Waals surface area contributed by atoms with Gasteiger partial charge in [0.1, 0.15) is 5.82 Å². The fourth-order valence-electron chi connectivity index (χ4n) is 1.78. The number of rotatable bonds is 3. The molecule has 15 heavy (non-hydrogen) atoms. The third kappa shape index (κ3) is 2.57. The predicted octanol–water partition coefficient (Wildman–Crippen LogP) is 3.35. The third-order valence-corrected chi connectivity index (χ3v) is 2.81. The van der Waals surface area contributed by atoms with Crippen LogP contribution < -0.4 is 0 Å². The molecule has 0 heterocycles. The van der Waals surface area contributed by atoms with Crippen LogP contribution in [0, 0.1) is 12.7 Å². The highest BCUT2D eigenvalue weighted by Crippen LogP contribution is 2.26. The normalized spacial score (nSPS) is 13.3. The number of halogens is 1. The second-order valence-corrected chi connectivity index (χ2v) is 4.47. The van der Waals surface area contributed by atoms with Crippen LogP contribution in [0.1, 0.15) is 49.3 Å². The topological polar surface area (TPSA) is 20.2 Å². The van der Waals surface area contributed by atoms with Gasteiger partial charge in [-0.05, 0) is 35.6 Å². The van der Waals surface area contributed by atoms with E-state index in [0.717, 1.165) is 16.7 Å². The Kier molecular flexibility index (Phi) is 3.86. The maximum absolute atomic E-state index is 13.6. The highest BCUT2D eigenvalue weighted by atomic mass is 19.1. The largest absolute Gasteiger partial charge is 0.396 e. The first kappa shape index (κ1) is 12.2. The van der Waals surface area contributed by atoms with Gasteiger partial charge in [-0.3, -0.25) is 0 Å². The lowest BCUT2D eigenvalue weighted by Gasteiger charge is -2.16. The van der Waals surface area contributed by atoms with Crippen molar-refractivity contribution in [1.29, 1.82) is 0 Å². The van der Waals surface area contributed by atoms with Crippen molar-refractivity contribution in [2.75, 3.05) is 6.61 Å². The smallest absolute Gasteiger partial charge is 0.126 e. The zero-order valence-electron chi connectivity index (χ0n) is 9.84. The molecule has 1 unspecified atom stereocenters. The summed E-state index contributed by atoms with van der Waals surface area (Å²) in [6, 6.07) is 3.45. The molecule has 1 aromatic rings. The van der Waals surface area contributed by atoms with E-state index in [4.69, 9.17) is 5.11 Å². The molecule has 1 nitrogen and oxygen atoms in total. The van der Waals surface area contributed by atoms with Crippen molar-refractivity contribution in [2.45, 2.75) is 39.5 Å². The minimum atomic E-state index is -0.142. The molecule has 0 bridgehead atoms. The van der Waals surface area contributed by atoms with Crippen LogP contribution in [0.4, 0.5) is 4.39 Å². The molecule has 0 aliphatic heterocycles. The Labute approximate surface area is 90.9 Å². The summed E-state index contributed by atoms with van der Waals surface area (Å²) >= 11 is 0. The van der Waals surface area contributed by atoms with E-state index < -0.39 is 0 Å². The van der Waals surface area contributed by atoms with Crippen LogP contribution in [0.25, 0.3) is 0 Å². The van der Waals surface area contributed by atoms with Gasteiger partial charge in [-0.15, -0.1) is 0 Å². The number of benzene rings is 1. The Morgan fingerprint density at radius 1 is 1.20 bits per heavy atom. The molecule has 1 atom stereocenters. The first-order valence-electron chi connectivity index (χ1n) is 5.38. The quantitative estimate of drug-likeness (QED) is 0.811. The van der Waals surface area contributed by atoms with Gasteiger partial charge in [-0.25, -0.2) is 4.39 Å². The van der Waals surface area contributed by atoms with E-state index in [9.17, 15) is 4.39 Å². The lowest BCUT2D eigenvalue weighted by molar-refractivity contribution is 0.272. The van der Waals surface area contributed by atoms with Crippen LogP contribution >= 0.6 is 0 Å². The molecule has 0 fully saturated rings. The fraction of sp³-hybridized carbons (Fsp3) is 0.538. The predicted molar refractivity (Wildman–Crippen MR) is 60.7 cm³/mol. The van der Waals surface area contributed by atoms with Crippen LogP contribution in [0.5, 0.6) is 0 Å². The van der Waals surface area contributed by atoms with Crippen molar-refractivity contribution in [1.82, 2.24) is 0 Å². The fourth-order valence-corrected chi connectivity index (χ4v) is 1.78. The minimum Gasteiger partial charge on any atom is -0.396 e. The summed E-state index contributed by atoms with van der Waals surface area (Å²) in [7, 11) is 0. The zero-order valence-corrected chi connectivity index (χ0v) is 9.84. The van der Waals surface area contributed by atoms with Gasteiger partial charge < -0.3 is 5.11 Å². The number of aliphatic hydroxyl groups excluding tert-OH is 1. The highest BCUT2D eigenvalue weighted by molar-refractivity contribution is 5.36. The summed E-state index contributed by atoms with van der Waals surface area (Å²) in [5.41, 5.74) is 2.69. The van der Waals surface area contributed by atoms with E-state index in [0.29, 0.717) is 0 Å².